The van der Waals surface area contributed by atoms with E-state index >= 15 is 0 Å². The molecule has 2 saturated heterocycles. The van der Waals surface area contributed by atoms with Gasteiger partial charge in [-0.2, -0.15) is 0 Å². The van der Waals surface area contributed by atoms with E-state index < -0.39 is 0 Å². The monoisotopic (exact) mass is 320 g/mol. The fraction of sp³-hybridized carbons (Fsp3) is 0.400. The summed E-state index contributed by atoms with van der Waals surface area (Å²) in [5, 5.41) is -0.227. The van der Waals surface area contributed by atoms with Crippen LogP contribution in [0.2, 0.25) is 0 Å². The van der Waals surface area contributed by atoms with Crippen LogP contribution in [-0.2, 0) is 16.1 Å². The molecule has 0 spiro atoms. The summed E-state index contributed by atoms with van der Waals surface area (Å²) in [6.45, 7) is 2.50. The molecule has 22 heavy (non-hydrogen) atoms. The van der Waals surface area contributed by atoms with Gasteiger partial charge in [-0.1, -0.05) is 23.9 Å². The van der Waals surface area contributed by atoms with E-state index in [1.54, 1.807) is 23.1 Å². The Balaban J connectivity index is 1.73. The smallest absolute Gasteiger partial charge is 0.289 e. The Morgan fingerprint density at radius 2 is 2.00 bits per heavy atom. The molecule has 7 heteroatoms. The first-order valence-electron chi connectivity index (χ1n) is 7.08. The highest BCUT2D eigenvalue weighted by molar-refractivity contribution is 8.14. The van der Waals surface area contributed by atoms with Crippen LogP contribution >= 0.6 is 11.8 Å². The van der Waals surface area contributed by atoms with Crippen LogP contribution in [0, 0.1) is 0 Å². The lowest BCUT2D eigenvalue weighted by molar-refractivity contribution is -0.125. The van der Waals surface area contributed by atoms with Crippen LogP contribution in [0.15, 0.2) is 24.3 Å². The van der Waals surface area contributed by atoms with E-state index in [1.807, 2.05) is 6.07 Å². The second-order valence-electron chi connectivity index (χ2n) is 5.14. The maximum absolute atomic E-state index is 12.4. The molecule has 3 rings (SSSR count). The number of carbonyl (C=O) groups is 3. The maximum atomic E-state index is 12.4. The van der Waals surface area contributed by atoms with Crippen molar-refractivity contribution in [2.24, 2.45) is 0 Å². The van der Waals surface area contributed by atoms with Crippen LogP contribution in [0.1, 0.15) is 15.9 Å². The molecule has 1 aromatic rings. The van der Waals surface area contributed by atoms with E-state index in [-0.39, 0.29) is 29.4 Å². The van der Waals surface area contributed by atoms with Crippen molar-refractivity contribution in [3.63, 3.8) is 0 Å². The number of carbonyl (C=O) groups excluding carboxylic acids is 3. The van der Waals surface area contributed by atoms with Crippen molar-refractivity contribution < 1.29 is 19.1 Å². The van der Waals surface area contributed by atoms with Crippen molar-refractivity contribution in [2.45, 2.75) is 6.54 Å². The molecule has 116 valence electrons. The molecule has 2 aliphatic rings. The molecule has 0 saturated carbocycles. The minimum absolute atomic E-state index is 0.0430. The highest BCUT2D eigenvalue weighted by Crippen LogP contribution is 2.21. The Bertz CT molecular complexity index is 597. The number of hydrogen-bond acceptors (Lipinski definition) is 5. The standard InChI is InChI=1S/C15H16N2O4S/c18-13-10-22-15(20)17(13)9-11-2-1-3-12(8-11)14(19)16-4-6-21-7-5-16/h1-3,8H,4-7,9-10H2. The lowest BCUT2D eigenvalue weighted by Gasteiger charge is -2.27. The van der Waals surface area contributed by atoms with E-state index in [0.717, 1.165) is 17.3 Å². The first kappa shape index (κ1) is 15.1. The Labute approximate surface area is 132 Å². The third kappa shape index (κ3) is 3.15. The van der Waals surface area contributed by atoms with Gasteiger partial charge < -0.3 is 9.64 Å². The predicted octanol–water partition coefficient (Wildman–Crippen LogP) is 1.35. The summed E-state index contributed by atoms with van der Waals surface area (Å²) in [6, 6.07) is 7.10. The summed E-state index contributed by atoms with van der Waals surface area (Å²) in [5.74, 6) is -0.0240. The SMILES string of the molecule is O=C(c1cccc(CN2C(=O)CSC2=O)c1)N1CCOCC1. The third-order valence-electron chi connectivity index (χ3n) is 3.65. The molecule has 0 bridgehead atoms. The van der Waals surface area contributed by atoms with Crippen molar-refractivity contribution in [1.82, 2.24) is 9.80 Å². The Morgan fingerprint density at radius 1 is 1.23 bits per heavy atom. The zero-order valence-electron chi connectivity index (χ0n) is 12.0. The van der Waals surface area contributed by atoms with E-state index in [4.69, 9.17) is 4.74 Å². The van der Waals surface area contributed by atoms with Crippen LogP contribution in [0.5, 0.6) is 0 Å². The fourth-order valence-electron chi connectivity index (χ4n) is 2.47. The van der Waals surface area contributed by atoms with E-state index in [9.17, 15) is 14.4 Å². The highest BCUT2D eigenvalue weighted by atomic mass is 32.2. The average Bonchev–Trinajstić information content (AvgIpc) is 2.87. The zero-order chi connectivity index (χ0) is 15.5. The molecule has 3 amide bonds. The minimum Gasteiger partial charge on any atom is -0.378 e. The predicted molar refractivity (Wildman–Crippen MR) is 81.6 cm³/mol. The summed E-state index contributed by atoms with van der Waals surface area (Å²) in [7, 11) is 0. The molecule has 0 unspecified atom stereocenters. The van der Waals surface area contributed by atoms with Crippen molar-refractivity contribution in [3.8, 4) is 0 Å². The molecule has 0 aromatic heterocycles. The topological polar surface area (TPSA) is 66.9 Å². The van der Waals surface area contributed by atoms with Gasteiger partial charge in [0.1, 0.15) is 0 Å². The second kappa shape index (κ2) is 6.50. The molecule has 6 nitrogen and oxygen atoms in total. The van der Waals surface area contributed by atoms with Gasteiger partial charge in [-0.25, -0.2) is 0 Å². The summed E-state index contributed by atoms with van der Waals surface area (Å²) in [4.78, 5) is 38.7. The van der Waals surface area contributed by atoms with Crippen molar-refractivity contribution in [2.75, 3.05) is 32.1 Å². The highest BCUT2D eigenvalue weighted by Gasteiger charge is 2.30. The largest absolute Gasteiger partial charge is 0.378 e. The first-order valence-corrected chi connectivity index (χ1v) is 8.07. The average molecular weight is 320 g/mol. The number of benzene rings is 1. The Hall–Kier alpha value is -1.86. The summed E-state index contributed by atoms with van der Waals surface area (Å²) < 4.78 is 5.24. The number of hydrogen-bond donors (Lipinski definition) is 0. The van der Waals surface area contributed by atoms with Gasteiger partial charge in [-0.05, 0) is 17.7 Å². The first-order chi connectivity index (χ1) is 10.6. The Kier molecular flexibility index (Phi) is 4.44. The molecule has 0 aliphatic carbocycles. The van der Waals surface area contributed by atoms with Gasteiger partial charge in [-0.3, -0.25) is 19.3 Å². The Morgan fingerprint density at radius 3 is 2.68 bits per heavy atom. The zero-order valence-corrected chi connectivity index (χ0v) is 12.8. The molecule has 2 heterocycles. The molecule has 0 radical (unpaired) electrons. The molecule has 0 N–H and O–H groups in total. The number of ether oxygens (including phenoxy) is 1. The normalized spacial score (nSPS) is 18.9. The number of imide groups is 1. The van der Waals surface area contributed by atoms with Gasteiger partial charge >= 0.3 is 0 Å². The van der Waals surface area contributed by atoms with Gasteiger partial charge in [0.15, 0.2) is 0 Å². The van der Waals surface area contributed by atoms with Gasteiger partial charge in [0.2, 0.25) is 5.91 Å². The third-order valence-corrected chi connectivity index (χ3v) is 4.51. The summed E-state index contributed by atoms with van der Waals surface area (Å²) in [6.07, 6.45) is 0. The quantitative estimate of drug-likeness (QED) is 0.841. The van der Waals surface area contributed by atoms with Gasteiger partial charge in [0.05, 0.1) is 25.5 Å². The van der Waals surface area contributed by atoms with Crippen LogP contribution in [0.4, 0.5) is 4.79 Å². The van der Waals surface area contributed by atoms with Crippen molar-refractivity contribution >= 4 is 28.8 Å². The van der Waals surface area contributed by atoms with Gasteiger partial charge in [-0.15, -0.1) is 0 Å². The lowest BCUT2D eigenvalue weighted by Crippen LogP contribution is -2.40. The van der Waals surface area contributed by atoms with Crippen molar-refractivity contribution in [3.05, 3.63) is 35.4 Å². The molecule has 2 fully saturated rings. The van der Waals surface area contributed by atoms with E-state index in [1.165, 1.54) is 4.90 Å². The van der Waals surface area contributed by atoms with Crippen LogP contribution < -0.4 is 0 Å². The molecule has 2 aliphatic heterocycles. The molecule has 0 atom stereocenters. The summed E-state index contributed by atoms with van der Waals surface area (Å²) >= 11 is 1.01. The molecular weight excluding hydrogens is 304 g/mol. The fourth-order valence-corrected chi connectivity index (χ4v) is 3.19. The molecule has 1 aromatic carbocycles. The van der Waals surface area contributed by atoms with Gasteiger partial charge in [0.25, 0.3) is 11.1 Å². The van der Waals surface area contributed by atoms with Crippen LogP contribution in [0.3, 0.4) is 0 Å². The number of morpholine rings is 1. The van der Waals surface area contributed by atoms with Crippen LogP contribution in [0.25, 0.3) is 0 Å². The second-order valence-corrected chi connectivity index (χ2v) is 6.07. The van der Waals surface area contributed by atoms with Gasteiger partial charge in [0, 0.05) is 18.7 Å². The lowest BCUT2D eigenvalue weighted by atomic mass is 10.1. The minimum atomic E-state index is -0.227. The van der Waals surface area contributed by atoms with E-state index in [0.29, 0.717) is 31.9 Å². The van der Waals surface area contributed by atoms with E-state index in [2.05, 4.69) is 0 Å². The maximum Gasteiger partial charge on any atom is 0.289 e. The van der Waals surface area contributed by atoms with Crippen molar-refractivity contribution in [1.29, 1.82) is 0 Å². The molecular formula is C15H16N2O4S. The number of nitrogens with zero attached hydrogens (tertiary/aromatic N) is 2. The summed E-state index contributed by atoms with van der Waals surface area (Å²) in [5.41, 5.74) is 1.36. The number of thioether (sulfide) groups is 1. The van der Waals surface area contributed by atoms with Crippen LogP contribution in [-0.4, -0.2) is 58.9 Å². The number of rotatable bonds is 3. The number of amides is 3.